The van der Waals surface area contributed by atoms with Crippen molar-refractivity contribution < 1.29 is 27.5 Å². The normalized spacial score (nSPS) is 17.5. The SMILES string of the molecule is CC(=O)CC[C@H]1CN(S(=O)(=O)c2c(Cl)nn3c2CCC3)c2cc(CC(=O)OC(C)(C)C)ccc2O1. The van der Waals surface area contributed by atoms with Gasteiger partial charge in [0.1, 0.15) is 28.1 Å². The molecule has 35 heavy (non-hydrogen) atoms. The van der Waals surface area contributed by atoms with Gasteiger partial charge in [0.25, 0.3) is 10.0 Å². The molecule has 2 aliphatic heterocycles. The predicted molar refractivity (Wildman–Crippen MR) is 130 cm³/mol. The number of ketones is 1. The van der Waals surface area contributed by atoms with E-state index in [1.54, 1.807) is 43.7 Å². The van der Waals surface area contributed by atoms with E-state index in [0.717, 1.165) is 6.42 Å². The molecule has 1 aromatic heterocycles. The zero-order valence-electron chi connectivity index (χ0n) is 20.3. The van der Waals surface area contributed by atoms with Gasteiger partial charge in [-0.15, -0.1) is 0 Å². The second-order valence-corrected chi connectivity index (χ2v) is 12.1. The van der Waals surface area contributed by atoms with E-state index in [1.165, 1.54) is 11.2 Å². The summed E-state index contributed by atoms with van der Waals surface area (Å²) < 4.78 is 42.3. The second-order valence-electron chi connectivity index (χ2n) is 9.98. The van der Waals surface area contributed by atoms with Crippen LogP contribution in [0.3, 0.4) is 0 Å². The van der Waals surface area contributed by atoms with E-state index in [0.29, 0.717) is 42.1 Å². The molecule has 0 spiro atoms. The summed E-state index contributed by atoms with van der Waals surface area (Å²) in [6.45, 7) is 7.48. The summed E-state index contributed by atoms with van der Waals surface area (Å²) in [6.07, 6.45) is 1.48. The fraction of sp³-hybridized carbons (Fsp3) is 0.542. The number of benzene rings is 1. The van der Waals surface area contributed by atoms with Gasteiger partial charge in [0.15, 0.2) is 5.15 Å². The van der Waals surface area contributed by atoms with Gasteiger partial charge in [-0.05, 0) is 64.7 Å². The highest BCUT2D eigenvalue weighted by Crippen LogP contribution is 2.41. The molecule has 2 aromatic rings. The molecule has 1 atom stereocenters. The molecule has 0 fully saturated rings. The number of aryl methyl sites for hydroxylation is 1. The summed E-state index contributed by atoms with van der Waals surface area (Å²) in [7, 11) is -4.10. The molecular weight excluding hydrogens is 494 g/mol. The maximum atomic E-state index is 14.0. The van der Waals surface area contributed by atoms with Crippen molar-refractivity contribution in [3.05, 3.63) is 34.6 Å². The Balaban J connectivity index is 1.73. The number of sulfonamides is 1. The lowest BCUT2D eigenvalue weighted by Crippen LogP contribution is -2.44. The average molecular weight is 524 g/mol. The van der Waals surface area contributed by atoms with E-state index in [4.69, 9.17) is 21.1 Å². The highest BCUT2D eigenvalue weighted by Gasteiger charge is 2.40. The molecular formula is C24H30ClN3O6S. The first-order valence-corrected chi connectivity index (χ1v) is 13.5. The molecule has 11 heteroatoms. The number of fused-ring (bicyclic) bond motifs is 2. The Hall–Kier alpha value is -2.59. The number of hydrogen-bond acceptors (Lipinski definition) is 7. The maximum absolute atomic E-state index is 14.0. The lowest BCUT2D eigenvalue weighted by Gasteiger charge is -2.35. The van der Waals surface area contributed by atoms with E-state index < -0.39 is 27.7 Å². The van der Waals surface area contributed by atoms with E-state index in [2.05, 4.69) is 5.10 Å². The number of carbonyl (C=O) groups is 2. The largest absolute Gasteiger partial charge is 0.486 e. The van der Waals surface area contributed by atoms with Crippen molar-refractivity contribution in [1.29, 1.82) is 0 Å². The van der Waals surface area contributed by atoms with Gasteiger partial charge in [0.2, 0.25) is 0 Å². The molecule has 3 heterocycles. The first-order chi connectivity index (χ1) is 16.3. The minimum Gasteiger partial charge on any atom is -0.486 e. The summed E-state index contributed by atoms with van der Waals surface area (Å²) in [6, 6.07) is 5.00. The fourth-order valence-electron chi connectivity index (χ4n) is 4.39. The molecule has 9 nitrogen and oxygen atoms in total. The van der Waals surface area contributed by atoms with Crippen LogP contribution in [0.25, 0.3) is 0 Å². The molecule has 0 radical (unpaired) electrons. The zero-order valence-corrected chi connectivity index (χ0v) is 21.9. The minimum atomic E-state index is -4.10. The molecule has 1 aromatic carbocycles. The highest BCUT2D eigenvalue weighted by molar-refractivity contribution is 7.93. The number of Topliss-reactive ketones (excluding diaryl/α,β-unsaturated/α-hetero) is 1. The number of esters is 1. The Morgan fingerprint density at radius 3 is 2.71 bits per heavy atom. The van der Waals surface area contributed by atoms with Gasteiger partial charge in [-0.1, -0.05) is 17.7 Å². The molecule has 0 aliphatic carbocycles. The fourth-order valence-corrected chi connectivity index (χ4v) is 6.63. The predicted octanol–water partition coefficient (Wildman–Crippen LogP) is 3.69. The summed E-state index contributed by atoms with van der Waals surface area (Å²) in [5.74, 6) is -0.0549. The molecule has 0 amide bonds. The van der Waals surface area contributed by atoms with Crippen LogP contribution in [-0.2, 0) is 43.7 Å². The molecule has 0 saturated heterocycles. The van der Waals surface area contributed by atoms with Crippen molar-refractivity contribution >= 4 is 39.1 Å². The highest BCUT2D eigenvalue weighted by atomic mass is 35.5. The van der Waals surface area contributed by atoms with Crippen LogP contribution >= 0.6 is 11.6 Å². The van der Waals surface area contributed by atoms with Crippen LogP contribution in [0.5, 0.6) is 5.75 Å². The number of rotatable bonds is 7. The number of ether oxygens (including phenoxy) is 2. The smallest absolute Gasteiger partial charge is 0.310 e. The van der Waals surface area contributed by atoms with Crippen molar-refractivity contribution in [3.63, 3.8) is 0 Å². The van der Waals surface area contributed by atoms with Crippen molar-refractivity contribution in [2.24, 2.45) is 0 Å². The maximum Gasteiger partial charge on any atom is 0.310 e. The summed E-state index contributed by atoms with van der Waals surface area (Å²) in [5.41, 5.74) is 0.871. The summed E-state index contributed by atoms with van der Waals surface area (Å²) in [4.78, 5) is 24.0. The van der Waals surface area contributed by atoms with Crippen LogP contribution in [0.2, 0.25) is 5.15 Å². The van der Waals surface area contributed by atoms with Crippen LogP contribution in [0, 0.1) is 0 Å². The van der Waals surface area contributed by atoms with Gasteiger partial charge in [0, 0.05) is 13.0 Å². The quantitative estimate of drug-likeness (QED) is 0.509. The number of halogens is 1. The molecule has 0 bridgehead atoms. The Bertz CT molecular complexity index is 1260. The third kappa shape index (κ3) is 5.48. The topological polar surface area (TPSA) is 108 Å². The van der Waals surface area contributed by atoms with E-state index in [1.807, 2.05) is 0 Å². The standard InChI is InChI=1S/C24H30ClN3O6S/c1-15(29)7-9-17-14-28(35(31,32)22-18-6-5-11-27(18)26-23(22)25)19-12-16(8-10-20(19)33-17)13-21(30)34-24(2,3)4/h8,10,12,17H,5-7,9,11,13-14H2,1-4H3/t17-/m0/s1. The minimum absolute atomic E-state index is 0.000915. The van der Waals surface area contributed by atoms with E-state index >= 15 is 0 Å². The van der Waals surface area contributed by atoms with Gasteiger partial charge < -0.3 is 14.3 Å². The van der Waals surface area contributed by atoms with Crippen LogP contribution in [0.15, 0.2) is 23.1 Å². The van der Waals surface area contributed by atoms with Crippen molar-refractivity contribution in [2.75, 3.05) is 10.8 Å². The van der Waals surface area contributed by atoms with Crippen molar-refractivity contribution in [1.82, 2.24) is 9.78 Å². The molecule has 0 N–H and O–H groups in total. The summed E-state index contributed by atoms with van der Waals surface area (Å²) in [5, 5.41) is 4.16. The second kappa shape index (κ2) is 9.46. The molecule has 0 unspecified atom stereocenters. The molecule has 190 valence electrons. The molecule has 2 aliphatic rings. The Labute approximate surface area is 210 Å². The van der Waals surface area contributed by atoms with Gasteiger partial charge >= 0.3 is 5.97 Å². The van der Waals surface area contributed by atoms with Crippen LogP contribution < -0.4 is 9.04 Å². The molecule has 0 saturated carbocycles. The van der Waals surface area contributed by atoms with E-state index in [-0.39, 0.29) is 35.2 Å². The number of anilines is 1. The van der Waals surface area contributed by atoms with Crippen LogP contribution in [0.1, 0.15) is 58.2 Å². The number of carbonyl (C=O) groups excluding carboxylic acids is 2. The van der Waals surface area contributed by atoms with Crippen LogP contribution in [0.4, 0.5) is 5.69 Å². The Kier molecular flexibility index (Phi) is 6.89. The third-order valence-electron chi connectivity index (χ3n) is 5.84. The first-order valence-electron chi connectivity index (χ1n) is 11.6. The molecule has 4 rings (SSSR count). The Morgan fingerprint density at radius 1 is 1.29 bits per heavy atom. The van der Waals surface area contributed by atoms with Gasteiger partial charge in [-0.25, -0.2) is 8.42 Å². The number of nitrogens with zero attached hydrogens (tertiary/aromatic N) is 3. The lowest BCUT2D eigenvalue weighted by molar-refractivity contribution is -0.153. The van der Waals surface area contributed by atoms with Crippen molar-refractivity contribution in [2.45, 2.75) is 82.9 Å². The number of hydrogen-bond donors (Lipinski definition) is 0. The first kappa shape index (κ1) is 25.5. The third-order valence-corrected chi connectivity index (χ3v) is 8.09. The van der Waals surface area contributed by atoms with Gasteiger partial charge in [-0.3, -0.25) is 13.8 Å². The zero-order chi connectivity index (χ0) is 25.5. The van der Waals surface area contributed by atoms with Crippen molar-refractivity contribution in [3.8, 4) is 5.75 Å². The van der Waals surface area contributed by atoms with Crippen LogP contribution in [-0.4, -0.2) is 48.2 Å². The average Bonchev–Trinajstić information content (AvgIpc) is 3.30. The van der Waals surface area contributed by atoms with E-state index in [9.17, 15) is 18.0 Å². The monoisotopic (exact) mass is 523 g/mol. The lowest BCUT2D eigenvalue weighted by atomic mass is 10.1. The Morgan fingerprint density at radius 2 is 2.03 bits per heavy atom. The van der Waals surface area contributed by atoms with Gasteiger partial charge in [-0.2, -0.15) is 5.10 Å². The summed E-state index contributed by atoms with van der Waals surface area (Å²) >= 11 is 6.32. The number of aromatic nitrogens is 2. The van der Waals surface area contributed by atoms with Gasteiger partial charge in [0.05, 0.1) is 24.3 Å².